The zero-order valence-corrected chi connectivity index (χ0v) is 16.0. The van der Waals surface area contributed by atoms with Gasteiger partial charge in [0.05, 0.1) is 10.2 Å². The molecule has 138 valence electrons. The molecule has 0 spiro atoms. The minimum absolute atomic E-state index is 0.150. The van der Waals surface area contributed by atoms with Crippen molar-refractivity contribution in [1.82, 2.24) is 14.1 Å². The molecule has 10 heteroatoms. The normalized spacial score (nSPS) is 11.9. The predicted octanol–water partition coefficient (Wildman–Crippen LogP) is 1.65. The number of rotatable bonds is 3. The van der Waals surface area contributed by atoms with E-state index in [4.69, 9.17) is 0 Å². The van der Waals surface area contributed by atoms with E-state index < -0.39 is 26.2 Å². The van der Waals surface area contributed by atoms with E-state index in [9.17, 15) is 18.0 Å². The molecule has 8 nitrogen and oxygen atoms in total. The third-order valence-corrected chi connectivity index (χ3v) is 6.60. The molecule has 0 fully saturated rings. The first kappa shape index (κ1) is 17.4. The molecule has 0 aliphatic heterocycles. The Morgan fingerprint density at radius 1 is 1.07 bits per heavy atom. The van der Waals surface area contributed by atoms with Crippen molar-refractivity contribution in [2.24, 2.45) is 14.1 Å². The second kappa shape index (κ2) is 6.03. The summed E-state index contributed by atoms with van der Waals surface area (Å²) in [5.74, 6) is 0. The number of sulfonamides is 1. The number of fused-ring (bicyclic) bond motifs is 3. The van der Waals surface area contributed by atoms with Crippen LogP contribution in [0, 0.1) is 0 Å². The number of benzene rings is 2. The molecule has 2 heterocycles. The Morgan fingerprint density at radius 3 is 2.59 bits per heavy atom. The first-order chi connectivity index (χ1) is 12.8. The van der Waals surface area contributed by atoms with Crippen molar-refractivity contribution in [2.45, 2.75) is 4.90 Å². The van der Waals surface area contributed by atoms with Crippen molar-refractivity contribution < 1.29 is 8.42 Å². The summed E-state index contributed by atoms with van der Waals surface area (Å²) >= 11 is 1.17. The molecule has 0 saturated heterocycles. The van der Waals surface area contributed by atoms with Gasteiger partial charge in [0.1, 0.15) is 0 Å². The van der Waals surface area contributed by atoms with E-state index in [1.165, 1.54) is 25.4 Å². The maximum absolute atomic E-state index is 12.7. The minimum Gasteiger partial charge on any atom is -0.302 e. The zero-order chi connectivity index (χ0) is 19.3. The third kappa shape index (κ3) is 2.82. The second-order valence-electron chi connectivity index (χ2n) is 6.01. The van der Waals surface area contributed by atoms with Crippen LogP contribution in [0.5, 0.6) is 0 Å². The van der Waals surface area contributed by atoms with Gasteiger partial charge < -0.3 is 4.57 Å². The van der Waals surface area contributed by atoms with Crippen molar-refractivity contribution in [3.63, 3.8) is 0 Å². The maximum Gasteiger partial charge on any atom is 0.330 e. The number of nitrogens with one attached hydrogen (secondary N) is 1. The van der Waals surface area contributed by atoms with Crippen molar-refractivity contribution in [3.8, 4) is 0 Å². The van der Waals surface area contributed by atoms with Crippen LogP contribution >= 0.6 is 11.3 Å². The maximum atomic E-state index is 12.7. The van der Waals surface area contributed by atoms with Gasteiger partial charge in [-0.05, 0) is 11.5 Å². The number of anilines is 1. The van der Waals surface area contributed by atoms with E-state index in [0.29, 0.717) is 5.52 Å². The van der Waals surface area contributed by atoms with Crippen LogP contribution in [0.1, 0.15) is 0 Å². The van der Waals surface area contributed by atoms with Crippen LogP contribution < -0.4 is 16.0 Å². The number of thiazole rings is 1. The van der Waals surface area contributed by atoms with E-state index in [0.717, 1.165) is 30.8 Å². The fourth-order valence-electron chi connectivity index (χ4n) is 2.83. The molecule has 0 bridgehead atoms. The average molecular weight is 402 g/mol. The van der Waals surface area contributed by atoms with E-state index in [2.05, 4.69) is 9.71 Å². The summed E-state index contributed by atoms with van der Waals surface area (Å²) < 4.78 is 30.4. The predicted molar refractivity (Wildman–Crippen MR) is 105 cm³/mol. The van der Waals surface area contributed by atoms with E-state index in [1.807, 2.05) is 36.4 Å². The molecule has 0 amide bonds. The number of aromatic nitrogens is 3. The molecule has 4 aromatic rings. The number of hydrogen-bond donors (Lipinski definition) is 1. The fourth-order valence-corrected chi connectivity index (χ4v) is 5.11. The molecule has 0 radical (unpaired) electrons. The standard InChI is InChI=1S/C17H14N4O4S2/c1-20-9-13(15(22)21(2)17(20)23)27(24,25)19-16-18-14-11-6-4-3-5-10(11)7-8-12(14)26-16/h3-9H,1-2H3,(H,18,19). The van der Waals surface area contributed by atoms with E-state index >= 15 is 0 Å². The van der Waals surface area contributed by atoms with E-state index in [1.54, 1.807) is 0 Å². The van der Waals surface area contributed by atoms with Gasteiger partial charge in [-0.1, -0.05) is 41.7 Å². The van der Waals surface area contributed by atoms with Crippen molar-refractivity contribution in [1.29, 1.82) is 0 Å². The highest BCUT2D eigenvalue weighted by atomic mass is 32.2. The van der Waals surface area contributed by atoms with Gasteiger partial charge in [0, 0.05) is 25.7 Å². The average Bonchev–Trinajstić information content (AvgIpc) is 3.05. The number of nitrogens with zero attached hydrogens (tertiary/aromatic N) is 3. The van der Waals surface area contributed by atoms with Crippen LogP contribution in [0.15, 0.2) is 57.1 Å². The quantitative estimate of drug-likeness (QED) is 0.561. The first-order valence-corrected chi connectivity index (χ1v) is 10.2. The molecule has 4 rings (SSSR count). The summed E-state index contributed by atoms with van der Waals surface area (Å²) in [4.78, 5) is 27.9. The molecule has 2 aromatic carbocycles. The molecule has 0 aliphatic carbocycles. The van der Waals surface area contributed by atoms with Crippen LogP contribution in [-0.2, 0) is 24.1 Å². The van der Waals surface area contributed by atoms with Gasteiger partial charge in [-0.3, -0.25) is 14.1 Å². The van der Waals surface area contributed by atoms with Gasteiger partial charge in [-0.25, -0.2) is 18.2 Å². The lowest BCUT2D eigenvalue weighted by Crippen LogP contribution is -2.40. The topological polar surface area (TPSA) is 103 Å². The van der Waals surface area contributed by atoms with Crippen LogP contribution in [0.2, 0.25) is 0 Å². The van der Waals surface area contributed by atoms with Gasteiger partial charge in [-0.2, -0.15) is 0 Å². The monoisotopic (exact) mass is 402 g/mol. The highest BCUT2D eigenvalue weighted by molar-refractivity contribution is 7.93. The lowest BCUT2D eigenvalue weighted by molar-refractivity contribution is 0.589. The van der Waals surface area contributed by atoms with Gasteiger partial charge in [-0.15, -0.1) is 0 Å². The molecular weight excluding hydrogens is 388 g/mol. The largest absolute Gasteiger partial charge is 0.330 e. The molecule has 1 N–H and O–H groups in total. The van der Waals surface area contributed by atoms with Crippen LogP contribution in [0.3, 0.4) is 0 Å². The van der Waals surface area contributed by atoms with Crippen molar-refractivity contribution >= 4 is 47.5 Å². The Labute approximate surface area is 157 Å². The molecular formula is C17H14N4O4S2. The molecule has 2 aromatic heterocycles. The van der Waals surface area contributed by atoms with Crippen LogP contribution in [0.4, 0.5) is 5.13 Å². The van der Waals surface area contributed by atoms with E-state index in [-0.39, 0.29) is 5.13 Å². The molecule has 27 heavy (non-hydrogen) atoms. The smallest absolute Gasteiger partial charge is 0.302 e. The summed E-state index contributed by atoms with van der Waals surface area (Å²) in [5, 5.41) is 2.06. The summed E-state index contributed by atoms with van der Waals surface area (Å²) in [5.41, 5.74) is -0.813. The lowest BCUT2D eigenvalue weighted by atomic mass is 10.1. The molecule has 0 atom stereocenters. The Morgan fingerprint density at radius 2 is 1.81 bits per heavy atom. The molecule has 0 aliphatic rings. The zero-order valence-electron chi connectivity index (χ0n) is 14.3. The highest BCUT2D eigenvalue weighted by Gasteiger charge is 2.23. The fraction of sp³-hybridized carbons (Fsp3) is 0.118. The van der Waals surface area contributed by atoms with Crippen molar-refractivity contribution in [3.05, 3.63) is 63.4 Å². The molecule has 0 saturated carbocycles. The molecule has 0 unspecified atom stereocenters. The Bertz CT molecular complexity index is 1430. The van der Waals surface area contributed by atoms with Gasteiger partial charge in [0.25, 0.3) is 15.6 Å². The Kier molecular flexibility index (Phi) is 3.89. The Balaban J connectivity index is 1.83. The summed E-state index contributed by atoms with van der Waals surface area (Å²) in [6.45, 7) is 0. The Hall–Kier alpha value is -2.98. The number of hydrogen-bond acceptors (Lipinski definition) is 6. The van der Waals surface area contributed by atoms with Gasteiger partial charge >= 0.3 is 5.69 Å². The summed E-state index contributed by atoms with van der Waals surface area (Å²) in [7, 11) is -1.59. The van der Waals surface area contributed by atoms with Gasteiger partial charge in [0.15, 0.2) is 10.0 Å². The number of aryl methyl sites for hydroxylation is 1. The van der Waals surface area contributed by atoms with Crippen LogP contribution in [-0.4, -0.2) is 22.5 Å². The summed E-state index contributed by atoms with van der Waals surface area (Å²) in [6, 6.07) is 11.5. The first-order valence-electron chi connectivity index (χ1n) is 7.86. The van der Waals surface area contributed by atoms with Crippen molar-refractivity contribution in [2.75, 3.05) is 4.72 Å². The lowest BCUT2D eigenvalue weighted by Gasteiger charge is -2.08. The highest BCUT2D eigenvalue weighted by Crippen LogP contribution is 2.32. The summed E-state index contributed by atoms with van der Waals surface area (Å²) in [6.07, 6.45) is 1.01. The minimum atomic E-state index is -4.20. The van der Waals surface area contributed by atoms with Gasteiger partial charge in [0.2, 0.25) is 0 Å². The SMILES string of the molecule is Cn1cc(S(=O)(=O)Nc2nc3c(ccc4ccccc43)s2)c(=O)n(C)c1=O. The van der Waals surface area contributed by atoms with Crippen LogP contribution in [0.25, 0.3) is 21.0 Å². The third-order valence-electron chi connectivity index (χ3n) is 4.21. The second-order valence-corrected chi connectivity index (χ2v) is 8.69.